The van der Waals surface area contributed by atoms with E-state index in [4.69, 9.17) is 6.92 Å². The minimum absolute atomic E-state index is 0.361. The van der Waals surface area contributed by atoms with Gasteiger partial charge in [-0.2, -0.15) is 0 Å². The lowest BCUT2D eigenvalue weighted by Gasteiger charge is -1.66. The van der Waals surface area contributed by atoms with Crippen molar-refractivity contribution in [2.45, 2.75) is 12.8 Å². The van der Waals surface area contributed by atoms with Gasteiger partial charge in [0.2, 0.25) is 0 Å². The molecule has 0 aromatic heterocycles. The lowest BCUT2D eigenvalue weighted by molar-refractivity contribution is 0.551. The molecule has 0 aliphatic carbocycles. The summed E-state index contributed by atoms with van der Waals surface area (Å²) in [5, 5.41) is 0. The van der Waals surface area contributed by atoms with Gasteiger partial charge in [-0.3, -0.25) is 4.79 Å². The molecule has 0 N–H and O–H groups in total. The third kappa shape index (κ3) is 3.67. The predicted molar refractivity (Wildman–Crippen MR) is 19.2 cm³/mol. The third-order valence-electron chi connectivity index (χ3n) is 0.246. The molecule has 0 unspecified atom stereocenters. The summed E-state index contributed by atoms with van der Waals surface area (Å²) in [4.78, 5) is 9.20. The Morgan fingerprint density at radius 2 is 2.40 bits per heavy atom. The minimum Gasteiger partial charge on any atom is -0.291 e. The van der Waals surface area contributed by atoms with Gasteiger partial charge >= 0.3 is 0 Å². The van der Waals surface area contributed by atoms with E-state index in [1.807, 2.05) is 0 Å². The maximum absolute atomic E-state index is 9.20. The third-order valence-corrected chi connectivity index (χ3v) is 0.246. The Kier molecular flexibility index (Phi) is 3.43. The van der Waals surface area contributed by atoms with E-state index in [0.717, 1.165) is 0 Å². The second-order valence-electron chi connectivity index (χ2n) is 0.683. The second-order valence-corrected chi connectivity index (χ2v) is 0.683. The van der Waals surface area contributed by atoms with Crippen molar-refractivity contribution in [3.63, 3.8) is 0 Å². The van der Waals surface area contributed by atoms with E-state index in [0.29, 0.717) is 12.8 Å². The van der Waals surface area contributed by atoms with Crippen molar-refractivity contribution in [2.75, 3.05) is 0 Å². The van der Waals surface area contributed by atoms with Crippen LogP contribution < -0.4 is 0 Å². The van der Waals surface area contributed by atoms with Crippen LogP contribution in [0.5, 0.6) is 0 Å². The Bertz CT molecular complexity index is 24.8. The topological polar surface area (TPSA) is 17.1 Å². The molecule has 0 rings (SSSR count). The summed E-state index contributed by atoms with van der Waals surface area (Å²) in [6, 6.07) is 0. The van der Waals surface area contributed by atoms with Crippen LogP contribution in [-0.4, -0.2) is 6.29 Å². The fourth-order valence-corrected chi connectivity index (χ4v) is 0.0589. The lowest BCUT2D eigenvalue weighted by Crippen LogP contribution is -1.64. The highest BCUT2D eigenvalue weighted by Gasteiger charge is 1.69. The molecule has 0 amide bonds. The van der Waals surface area contributed by atoms with Crippen molar-refractivity contribution >= 4 is 6.29 Å². The van der Waals surface area contributed by atoms with Gasteiger partial charge in [0.25, 0.3) is 0 Å². The molecule has 0 fully saturated rings. The Balaban J connectivity index is 2.40. The first-order valence-corrected chi connectivity index (χ1v) is 1.47. The van der Waals surface area contributed by atoms with Crippen molar-refractivity contribution in [3.05, 3.63) is 6.92 Å². The van der Waals surface area contributed by atoms with Gasteiger partial charge in [0.05, 0.1) is 0 Å². The van der Waals surface area contributed by atoms with Gasteiger partial charge in [0.15, 0.2) is 6.29 Å². The Morgan fingerprint density at radius 1 is 1.80 bits per heavy atom. The molecule has 27 valence electrons. The highest BCUT2D eigenvalue weighted by Crippen LogP contribution is 1.74. The number of rotatable bonds is 2. The van der Waals surface area contributed by atoms with Gasteiger partial charge in [0.1, 0.15) is 0 Å². The Hall–Kier alpha value is -0.330. The van der Waals surface area contributed by atoms with E-state index in [1.165, 1.54) is 0 Å². The van der Waals surface area contributed by atoms with E-state index in [-0.39, 0.29) is 0 Å². The molecule has 3 radical (unpaired) electrons. The first-order chi connectivity index (χ1) is 2.41. The maximum atomic E-state index is 9.20. The molecular formula is C4H5O. The van der Waals surface area contributed by atoms with Crippen LogP contribution >= 0.6 is 0 Å². The molecule has 1 heteroatoms. The van der Waals surface area contributed by atoms with Crippen molar-refractivity contribution in [2.24, 2.45) is 0 Å². The summed E-state index contributed by atoms with van der Waals surface area (Å²) in [6.45, 7) is 4.88. The Morgan fingerprint density at radius 3 is 2.40 bits per heavy atom. The second kappa shape index (κ2) is 3.67. The minimum atomic E-state index is 0.361. The predicted octanol–water partition coefficient (Wildman–Crippen LogP) is 0.587. The molecule has 0 saturated carbocycles. The van der Waals surface area contributed by atoms with Crippen LogP contribution in [0.3, 0.4) is 0 Å². The van der Waals surface area contributed by atoms with E-state index in [9.17, 15) is 4.79 Å². The van der Waals surface area contributed by atoms with Gasteiger partial charge in [-0.1, -0.05) is 0 Å². The average molecular weight is 69.1 g/mol. The molecule has 0 bridgehead atoms. The molecule has 0 atom stereocenters. The van der Waals surface area contributed by atoms with Crippen LogP contribution in [0.15, 0.2) is 0 Å². The fourth-order valence-electron chi connectivity index (χ4n) is 0.0589. The zero-order chi connectivity index (χ0) is 4.12. The molecule has 0 spiro atoms. The fraction of sp³-hybridized carbons (Fsp3) is 0.500. The van der Waals surface area contributed by atoms with Crippen molar-refractivity contribution in [3.8, 4) is 0 Å². The molecule has 1 nitrogen and oxygen atoms in total. The largest absolute Gasteiger partial charge is 0.291 e. The zero-order valence-electron chi connectivity index (χ0n) is 2.90. The standard InChI is InChI=1S/C4H5O/c1-2-3-4-5/h1H,2-3H2. The zero-order valence-corrected chi connectivity index (χ0v) is 2.90. The lowest BCUT2D eigenvalue weighted by atomic mass is 10.4. The first kappa shape index (κ1) is 4.67. The SMILES string of the molecule is [CH]CC[C]=O. The monoisotopic (exact) mass is 69.0 g/mol. The maximum Gasteiger partial charge on any atom is 0.198 e. The number of carbonyl (C=O) groups excluding carboxylic acids is 1. The van der Waals surface area contributed by atoms with Crippen LogP contribution in [0.4, 0.5) is 0 Å². The van der Waals surface area contributed by atoms with Crippen LogP contribution in [0.2, 0.25) is 0 Å². The number of hydrogen-bond donors (Lipinski definition) is 0. The molecule has 0 aromatic rings. The van der Waals surface area contributed by atoms with Gasteiger partial charge in [0, 0.05) is 6.42 Å². The molecule has 0 saturated heterocycles. The van der Waals surface area contributed by atoms with Gasteiger partial charge in [-0.25, -0.2) is 0 Å². The van der Waals surface area contributed by atoms with E-state index in [2.05, 4.69) is 0 Å². The van der Waals surface area contributed by atoms with E-state index in [1.54, 1.807) is 6.29 Å². The van der Waals surface area contributed by atoms with Crippen LogP contribution in [-0.2, 0) is 4.79 Å². The molecule has 5 heavy (non-hydrogen) atoms. The van der Waals surface area contributed by atoms with Crippen LogP contribution in [0, 0.1) is 6.92 Å². The molecule has 0 heterocycles. The van der Waals surface area contributed by atoms with Crippen molar-refractivity contribution in [1.82, 2.24) is 0 Å². The summed E-state index contributed by atoms with van der Waals surface area (Å²) >= 11 is 0. The molecular weight excluding hydrogens is 64.0 g/mol. The van der Waals surface area contributed by atoms with Crippen molar-refractivity contribution in [1.29, 1.82) is 0 Å². The summed E-state index contributed by atoms with van der Waals surface area (Å²) < 4.78 is 0. The van der Waals surface area contributed by atoms with Gasteiger partial charge < -0.3 is 0 Å². The average Bonchev–Trinajstić information content (AvgIpc) is 1.41. The van der Waals surface area contributed by atoms with E-state index >= 15 is 0 Å². The summed E-state index contributed by atoms with van der Waals surface area (Å²) in [7, 11) is 0. The van der Waals surface area contributed by atoms with Crippen LogP contribution in [0.1, 0.15) is 12.8 Å². The normalized spacial score (nSPS) is 7.40. The molecule has 0 aromatic carbocycles. The Labute approximate surface area is 32.0 Å². The highest BCUT2D eigenvalue weighted by atomic mass is 16.1. The van der Waals surface area contributed by atoms with Gasteiger partial charge in [-0.15, -0.1) is 0 Å². The first-order valence-electron chi connectivity index (χ1n) is 1.47. The summed E-state index contributed by atoms with van der Waals surface area (Å²) in [6.07, 6.45) is 2.42. The van der Waals surface area contributed by atoms with E-state index < -0.39 is 0 Å². The number of unbranched alkanes of at least 4 members (excludes halogenated alkanes) is 1. The summed E-state index contributed by atoms with van der Waals surface area (Å²) in [5.74, 6) is 0. The van der Waals surface area contributed by atoms with Gasteiger partial charge in [-0.05, 0) is 13.3 Å². The quantitative estimate of drug-likeness (QED) is 0.463. The smallest absolute Gasteiger partial charge is 0.198 e. The van der Waals surface area contributed by atoms with Crippen LogP contribution in [0.25, 0.3) is 0 Å². The number of hydrogen-bond acceptors (Lipinski definition) is 1. The molecule has 0 aliphatic heterocycles. The molecule has 0 aliphatic rings. The highest BCUT2D eigenvalue weighted by molar-refractivity contribution is 5.50. The van der Waals surface area contributed by atoms with Crippen molar-refractivity contribution < 1.29 is 4.79 Å². The summed E-state index contributed by atoms with van der Waals surface area (Å²) in [5.41, 5.74) is 0.